The number of aliphatic hydroxyl groups is 1. The molecule has 0 saturated heterocycles. The first kappa shape index (κ1) is 22.0. The Hall–Kier alpha value is -2.26. The highest BCUT2D eigenvalue weighted by Crippen LogP contribution is 2.50. The van der Waals surface area contributed by atoms with E-state index in [0.29, 0.717) is 38.6 Å². The van der Waals surface area contributed by atoms with E-state index < -0.39 is 35.3 Å². The van der Waals surface area contributed by atoms with E-state index in [2.05, 4.69) is 10.3 Å². The number of nitrogens with one attached hydrogen (secondary N) is 1. The number of hydrogen-bond donors (Lipinski definition) is 2. The Bertz CT molecular complexity index is 916. The number of nitrogens with zero attached hydrogens (tertiary/aromatic N) is 2. The minimum absolute atomic E-state index is 0.0396. The molecule has 1 aliphatic heterocycles. The number of rotatable bonds is 6. The fourth-order valence-corrected chi connectivity index (χ4v) is 4.94. The van der Waals surface area contributed by atoms with Gasteiger partial charge in [-0.05, 0) is 44.2 Å². The van der Waals surface area contributed by atoms with Gasteiger partial charge in [0.25, 0.3) is 12.3 Å². The summed E-state index contributed by atoms with van der Waals surface area (Å²) >= 11 is 5.63. The predicted molar refractivity (Wildman–Crippen MR) is 109 cm³/mol. The van der Waals surface area contributed by atoms with Crippen molar-refractivity contribution >= 4 is 23.7 Å². The summed E-state index contributed by atoms with van der Waals surface area (Å²) in [5, 5.41) is 13.7. The number of aliphatic imine (C=N–C) groups is 1. The van der Waals surface area contributed by atoms with Gasteiger partial charge in [0.15, 0.2) is 6.61 Å². The van der Waals surface area contributed by atoms with Crippen molar-refractivity contribution in [3.63, 3.8) is 0 Å². The number of fused-ring (bicyclic) bond motifs is 3. The van der Waals surface area contributed by atoms with Crippen LogP contribution in [0.5, 0.6) is 5.75 Å². The Kier molecular flexibility index (Phi) is 5.91. The summed E-state index contributed by atoms with van der Waals surface area (Å²) in [6.45, 7) is 0.0809. The van der Waals surface area contributed by atoms with Gasteiger partial charge in [-0.1, -0.05) is 11.6 Å². The summed E-state index contributed by atoms with van der Waals surface area (Å²) in [6, 6.07) is 3.90. The van der Waals surface area contributed by atoms with E-state index in [-0.39, 0.29) is 23.1 Å². The number of benzene rings is 1. The average Bonchev–Trinajstić information content (AvgIpc) is 2.76. The molecule has 1 aromatic rings. The maximum absolute atomic E-state index is 13.5. The minimum Gasteiger partial charge on any atom is -0.484 e. The van der Waals surface area contributed by atoms with Gasteiger partial charge in [0.2, 0.25) is 0 Å². The molecule has 1 heterocycles. The molecule has 5 rings (SSSR count). The van der Waals surface area contributed by atoms with Gasteiger partial charge in [0, 0.05) is 24.0 Å². The molecule has 0 spiro atoms. The van der Waals surface area contributed by atoms with Gasteiger partial charge in [-0.25, -0.2) is 13.2 Å². The molecule has 1 unspecified atom stereocenters. The molecule has 2 N–H and O–H groups in total. The molecule has 6 nitrogen and oxygen atoms in total. The van der Waals surface area contributed by atoms with Crippen LogP contribution in [0.25, 0.3) is 0 Å². The van der Waals surface area contributed by atoms with Crippen molar-refractivity contribution in [2.45, 2.75) is 55.7 Å². The van der Waals surface area contributed by atoms with Crippen LogP contribution in [0, 0.1) is 5.82 Å². The first-order valence-electron chi connectivity index (χ1n) is 10.1. The van der Waals surface area contributed by atoms with E-state index in [1.165, 1.54) is 24.5 Å². The molecular formula is C21H23ClF3N3O3. The second-order valence-corrected chi connectivity index (χ2v) is 8.74. The highest BCUT2D eigenvalue weighted by molar-refractivity contribution is 6.30. The molecule has 0 radical (unpaired) electrons. The van der Waals surface area contributed by atoms with Gasteiger partial charge in [-0.2, -0.15) is 0 Å². The van der Waals surface area contributed by atoms with Gasteiger partial charge >= 0.3 is 0 Å². The van der Waals surface area contributed by atoms with Crippen molar-refractivity contribution in [3.8, 4) is 5.75 Å². The van der Waals surface area contributed by atoms with Crippen LogP contribution in [0.2, 0.25) is 5.02 Å². The zero-order valence-electron chi connectivity index (χ0n) is 16.7. The molecule has 3 aliphatic carbocycles. The SMILES string of the molecule is O=C(COc1ccc(Cl)c(F)c1)NC12CCC(N3C=C(C(F)F)N=CC3)(CC1)CC2O. The quantitative estimate of drug-likeness (QED) is 0.687. The normalized spacial score (nSPS) is 29.8. The summed E-state index contributed by atoms with van der Waals surface area (Å²) in [6.07, 6.45) is 2.07. The number of amides is 1. The Morgan fingerprint density at radius 3 is 2.74 bits per heavy atom. The van der Waals surface area contributed by atoms with Crippen LogP contribution in [-0.4, -0.2) is 58.9 Å². The van der Waals surface area contributed by atoms with E-state index in [4.69, 9.17) is 16.3 Å². The van der Waals surface area contributed by atoms with Crippen LogP contribution in [0.15, 0.2) is 35.1 Å². The minimum atomic E-state index is -2.65. The third-order valence-electron chi connectivity index (χ3n) is 6.57. The molecule has 4 aliphatic rings. The van der Waals surface area contributed by atoms with E-state index in [0.717, 1.165) is 6.07 Å². The average molecular weight is 458 g/mol. The first-order valence-corrected chi connectivity index (χ1v) is 10.5. The van der Waals surface area contributed by atoms with Crippen molar-refractivity contribution in [3.05, 3.63) is 40.9 Å². The standard InChI is InChI=1S/C21H23ClF3N3O3/c22-14-2-1-13(9-15(14)23)31-12-18(30)27-21-5-3-20(4-6-21,10-17(21)29)28-8-7-26-16(11-28)19(24)25/h1-2,7,9,11,17,19,29H,3-6,8,10,12H2,(H,27,30). The number of aliphatic hydroxyl groups excluding tert-OH is 1. The zero-order chi connectivity index (χ0) is 22.2. The lowest BCUT2D eigenvalue weighted by Crippen LogP contribution is -2.70. The molecule has 0 aromatic heterocycles. The van der Waals surface area contributed by atoms with Crippen molar-refractivity contribution in [1.29, 1.82) is 0 Å². The van der Waals surface area contributed by atoms with Crippen LogP contribution < -0.4 is 10.1 Å². The maximum atomic E-state index is 13.5. The molecule has 10 heteroatoms. The number of allylic oxidation sites excluding steroid dienone is 1. The lowest BCUT2D eigenvalue weighted by atomic mass is 9.59. The van der Waals surface area contributed by atoms with Gasteiger partial charge < -0.3 is 20.1 Å². The van der Waals surface area contributed by atoms with Crippen LogP contribution in [-0.2, 0) is 4.79 Å². The van der Waals surface area contributed by atoms with Gasteiger partial charge in [0.1, 0.15) is 17.3 Å². The fourth-order valence-electron chi connectivity index (χ4n) is 4.82. The molecule has 168 valence electrons. The number of ether oxygens (including phenoxy) is 1. The monoisotopic (exact) mass is 457 g/mol. The van der Waals surface area contributed by atoms with Gasteiger partial charge in [0.05, 0.1) is 23.2 Å². The molecule has 1 amide bonds. The predicted octanol–water partition coefficient (Wildman–Crippen LogP) is 3.28. The van der Waals surface area contributed by atoms with Crippen molar-refractivity contribution in [2.24, 2.45) is 4.99 Å². The topological polar surface area (TPSA) is 74.2 Å². The molecule has 3 fully saturated rings. The fraction of sp³-hybridized carbons (Fsp3) is 0.524. The van der Waals surface area contributed by atoms with Crippen LogP contribution in [0.3, 0.4) is 0 Å². The number of halogens is 4. The maximum Gasteiger partial charge on any atom is 0.281 e. The smallest absolute Gasteiger partial charge is 0.281 e. The molecule has 1 atom stereocenters. The second kappa shape index (κ2) is 8.35. The summed E-state index contributed by atoms with van der Waals surface area (Å²) in [7, 11) is 0. The lowest BCUT2D eigenvalue weighted by Gasteiger charge is -2.59. The van der Waals surface area contributed by atoms with Crippen molar-refractivity contribution < 1.29 is 27.8 Å². The first-order chi connectivity index (χ1) is 14.7. The summed E-state index contributed by atoms with van der Waals surface area (Å²) in [5.41, 5.74) is -1.50. The highest BCUT2D eigenvalue weighted by Gasteiger charge is 2.56. The largest absolute Gasteiger partial charge is 0.484 e. The Morgan fingerprint density at radius 1 is 1.35 bits per heavy atom. The summed E-state index contributed by atoms with van der Waals surface area (Å²) in [4.78, 5) is 18.1. The Morgan fingerprint density at radius 2 is 2.10 bits per heavy atom. The molecule has 1 aromatic carbocycles. The zero-order valence-corrected chi connectivity index (χ0v) is 17.4. The Labute approximate surface area is 182 Å². The number of carbonyl (C=O) groups excluding carboxylic acids is 1. The van der Waals surface area contributed by atoms with Crippen LogP contribution >= 0.6 is 11.6 Å². The van der Waals surface area contributed by atoms with Gasteiger partial charge in [-0.3, -0.25) is 9.79 Å². The van der Waals surface area contributed by atoms with Crippen molar-refractivity contribution in [2.75, 3.05) is 13.2 Å². The van der Waals surface area contributed by atoms with E-state index in [9.17, 15) is 23.1 Å². The number of alkyl halides is 2. The molecule has 3 saturated carbocycles. The van der Waals surface area contributed by atoms with E-state index in [1.807, 2.05) is 4.90 Å². The molecular weight excluding hydrogens is 435 g/mol. The Balaban J connectivity index is 1.38. The number of carbonyl (C=O) groups is 1. The summed E-state index contributed by atoms with van der Waals surface area (Å²) in [5.74, 6) is -0.889. The number of hydrogen-bond acceptors (Lipinski definition) is 5. The second-order valence-electron chi connectivity index (χ2n) is 8.33. The van der Waals surface area contributed by atoms with Crippen LogP contribution in [0.1, 0.15) is 32.1 Å². The van der Waals surface area contributed by atoms with Crippen LogP contribution in [0.4, 0.5) is 13.2 Å². The van der Waals surface area contributed by atoms with Gasteiger partial charge in [-0.15, -0.1) is 0 Å². The third kappa shape index (κ3) is 4.25. The summed E-state index contributed by atoms with van der Waals surface area (Å²) < 4.78 is 45.0. The third-order valence-corrected chi connectivity index (χ3v) is 6.88. The van der Waals surface area contributed by atoms with E-state index in [1.54, 1.807) is 0 Å². The van der Waals surface area contributed by atoms with E-state index >= 15 is 0 Å². The lowest BCUT2D eigenvalue weighted by molar-refractivity contribution is -0.135. The molecule has 31 heavy (non-hydrogen) atoms. The highest BCUT2D eigenvalue weighted by atomic mass is 35.5. The van der Waals surface area contributed by atoms with Crippen molar-refractivity contribution in [1.82, 2.24) is 10.2 Å². The molecule has 2 bridgehead atoms.